The van der Waals surface area contributed by atoms with Gasteiger partial charge in [-0.3, -0.25) is 4.79 Å². The Hall–Kier alpha value is -1.81. The molecular formula is C10H10O4. The van der Waals surface area contributed by atoms with Gasteiger partial charge in [0.2, 0.25) is 0 Å². The predicted octanol–water partition coefficient (Wildman–Crippen LogP) is 0.672. The number of carbonyl (C=O) groups excluding carboxylic acids is 1. The van der Waals surface area contributed by atoms with E-state index in [2.05, 4.69) is 0 Å². The Balaban J connectivity index is 2.83. The number of phenols is 2. The second-order valence-electron chi connectivity index (χ2n) is 2.71. The molecule has 3 N–H and O–H groups in total. The van der Waals surface area contributed by atoms with Crippen molar-refractivity contribution in [3.8, 4) is 11.5 Å². The van der Waals surface area contributed by atoms with E-state index in [1.54, 1.807) is 0 Å². The summed E-state index contributed by atoms with van der Waals surface area (Å²) in [5.74, 6) is -0.878. The molecule has 0 saturated carbocycles. The molecule has 74 valence electrons. The van der Waals surface area contributed by atoms with Crippen molar-refractivity contribution in [2.24, 2.45) is 0 Å². The molecule has 0 saturated heterocycles. The molecule has 4 nitrogen and oxygen atoms in total. The van der Waals surface area contributed by atoms with Gasteiger partial charge in [-0.25, -0.2) is 0 Å². The largest absolute Gasteiger partial charge is 0.504 e. The lowest BCUT2D eigenvalue weighted by atomic mass is 10.2. The van der Waals surface area contributed by atoms with Crippen LogP contribution in [0.5, 0.6) is 11.5 Å². The number of hydrogen-bond acceptors (Lipinski definition) is 4. The van der Waals surface area contributed by atoms with E-state index < -0.39 is 12.4 Å². The fourth-order valence-electron chi connectivity index (χ4n) is 0.886. The molecule has 0 radical (unpaired) electrons. The van der Waals surface area contributed by atoms with Crippen molar-refractivity contribution in [1.29, 1.82) is 0 Å². The number of benzene rings is 1. The Bertz CT molecular complexity index is 368. The van der Waals surface area contributed by atoms with Crippen molar-refractivity contribution in [3.05, 3.63) is 29.8 Å². The normalized spacial score (nSPS) is 10.6. The molecule has 1 rings (SSSR count). The Morgan fingerprint density at radius 2 is 2.00 bits per heavy atom. The van der Waals surface area contributed by atoms with Crippen molar-refractivity contribution in [1.82, 2.24) is 0 Å². The molecule has 0 spiro atoms. The Labute approximate surface area is 80.7 Å². The molecule has 1 aromatic rings. The van der Waals surface area contributed by atoms with Gasteiger partial charge in [-0.2, -0.15) is 0 Å². The molecule has 0 aliphatic carbocycles. The smallest absolute Gasteiger partial charge is 0.181 e. The van der Waals surface area contributed by atoms with Gasteiger partial charge in [-0.1, -0.05) is 12.1 Å². The van der Waals surface area contributed by atoms with Crippen LogP contribution in [0.3, 0.4) is 0 Å². The first-order chi connectivity index (χ1) is 6.63. The van der Waals surface area contributed by atoms with Gasteiger partial charge in [0.05, 0.1) is 0 Å². The molecule has 0 aliphatic heterocycles. The molecule has 0 amide bonds. The van der Waals surface area contributed by atoms with E-state index in [-0.39, 0.29) is 11.5 Å². The van der Waals surface area contributed by atoms with Gasteiger partial charge >= 0.3 is 0 Å². The SMILES string of the molecule is O=C(/C=C/c1ccc(O)c(O)c1)CO. The maximum atomic E-state index is 10.7. The number of ketones is 1. The number of rotatable bonds is 3. The predicted molar refractivity (Wildman–Crippen MR) is 50.9 cm³/mol. The summed E-state index contributed by atoms with van der Waals surface area (Å²) >= 11 is 0. The van der Waals surface area contributed by atoms with Gasteiger partial charge in [-0.15, -0.1) is 0 Å². The van der Waals surface area contributed by atoms with E-state index in [0.717, 1.165) is 0 Å². The number of hydrogen-bond donors (Lipinski definition) is 3. The lowest BCUT2D eigenvalue weighted by Crippen LogP contribution is -1.97. The van der Waals surface area contributed by atoms with Crippen LogP contribution < -0.4 is 0 Å². The molecule has 0 bridgehead atoms. The number of aromatic hydroxyl groups is 2. The summed E-state index contributed by atoms with van der Waals surface area (Å²) in [6, 6.07) is 4.17. The number of aliphatic hydroxyl groups excluding tert-OH is 1. The van der Waals surface area contributed by atoms with Gasteiger partial charge in [0, 0.05) is 0 Å². The van der Waals surface area contributed by atoms with Crippen molar-refractivity contribution < 1.29 is 20.1 Å². The van der Waals surface area contributed by atoms with Crippen LogP contribution in [0.25, 0.3) is 6.08 Å². The topological polar surface area (TPSA) is 77.8 Å². The Morgan fingerprint density at radius 3 is 2.57 bits per heavy atom. The maximum Gasteiger partial charge on any atom is 0.181 e. The first kappa shape index (κ1) is 10.3. The fraction of sp³-hybridized carbons (Fsp3) is 0.100. The van der Waals surface area contributed by atoms with Crippen LogP contribution >= 0.6 is 0 Å². The van der Waals surface area contributed by atoms with Gasteiger partial charge in [0.15, 0.2) is 17.3 Å². The molecule has 0 heterocycles. The van der Waals surface area contributed by atoms with Crippen molar-refractivity contribution in [3.63, 3.8) is 0 Å². The van der Waals surface area contributed by atoms with Crippen LogP contribution in [0.15, 0.2) is 24.3 Å². The van der Waals surface area contributed by atoms with E-state index >= 15 is 0 Å². The molecule has 0 aliphatic rings. The van der Waals surface area contributed by atoms with E-state index in [1.807, 2.05) is 0 Å². The minimum absolute atomic E-state index is 0.212. The zero-order valence-electron chi connectivity index (χ0n) is 7.34. The van der Waals surface area contributed by atoms with Crippen LogP contribution in [0.1, 0.15) is 5.56 Å². The van der Waals surface area contributed by atoms with Gasteiger partial charge in [-0.05, 0) is 23.8 Å². The number of phenolic OH excluding ortho intramolecular Hbond substituents is 2. The summed E-state index contributed by atoms with van der Waals surface area (Å²) in [6.07, 6.45) is 2.64. The molecule has 0 aromatic heterocycles. The van der Waals surface area contributed by atoms with Crippen molar-refractivity contribution >= 4 is 11.9 Å². The molecule has 0 fully saturated rings. The zero-order chi connectivity index (χ0) is 10.6. The van der Waals surface area contributed by atoms with E-state index in [1.165, 1.54) is 30.4 Å². The average molecular weight is 194 g/mol. The van der Waals surface area contributed by atoms with E-state index in [0.29, 0.717) is 5.56 Å². The highest BCUT2D eigenvalue weighted by Gasteiger charge is 1.98. The minimum atomic E-state index is -0.541. The maximum absolute atomic E-state index is 10.7. The van der Waals surface area contributed by atoms with Crippen LogP contribution in [-0.2, 0) is 4.79 Å². The van der Waals surface area contributed by atoms with E-state index in [9.17, 15) is 4.79 Å². The lowest BCUT2D eigenvalue weighted by molar-refractivity contribution is -0.117. The van der Waals surface area contributed by atoms with Gasteiger partial charge < -0.3 is 15.3 Å². The van der Waals surface area contributed by atoms with Gasteiger partial charge in [0.1, 0.15) is 6.61 Å². The number of aliphatic hydroxyl groups is 1. The molecule has 14 heavy (non-hydrogen) atoms. The summed E-state index contributed by atoms with van der Waals surface area (Å²) in [5.41, 5.74) is 0.571. The first-order valence-corrected chi connectivity index (χ1v) is 3.97. The highest BCUT2D eigenvalue weighted by Crippen LogP contribution is 2.25. The monoisotopic (exact) mass is 194 g/mol. The van der Waals surface area contributed by atoms with Crippen molar-refractivity contribution in [2.45, 2.75) is 0 Å². The fourth-order valence-corrected chi connectivity index (χ4v) is 0.886. The molecule has 0 unspecified atom stereocenters. The quantitative estimate of drug-likeness (QED) is 0.488. The molecule has 1 aromatic carbocycles. The third kappa shape index (κ3) is 2.60. The van der Waals surface area contributed by atoms with Crippen LogP contribution in [0.4, 0.5) is 0 Å². The summed E-state index contributed by atoms with van der Waals surface area (Å²) in [5, 5.41) is 26.5. The molecule has 4 heteroatoms. The standard InChI is InChI=1S/C10H10O4/c11-6-8(12)3-1-7-2-4-9(13)10(14)5-7/h1-5,11,13-14H,6H2/b3-1+. The minimum Gasteiger partial charge on any atom is -0.504 e. The molecule has 0 atom stereocenters. The summed E-state index contributed by atoms with van der Waals surface area (Å²) in [4.78, 5) is 10.7. The van der Waals surface area contributed by atoms with Crippen LogP contribution in [-0.4, -0.2) is 27.7 Å². The Kier molecular flexibility index (Phi) is 3.25. The summed E-state index contributed by atoms with van der Waals surface area (Å²) < 4.78 is 0. The summed E-state index contributed by atoms with van der Waals surface area (Å²) in [6.45, 7) is -0.541. The molecular weight excluding hydrogens is 184 g/mol. The average Bonchev–Trinajstić information content (AvgIpc) is 2.19. The van der Waals surface area contributed by atoms with Crippen LogP contribution in [0.2, 0.25) is 0 Å². The summed E-state index contributed by atoms with van der Waals surface area (Å²) in [7, 11) is 0. The highest BCUT2D eigenvalue weighted by atomic mass is 16.3. The highest BCUT2D eigenvalue weighted by molar-refractivity contribution is 5.94. The third-order valence-corrected chi connectivity index (χ3v) is 1.62. The van der Waals surface area contributed by atoms with Crippen LogP contribution in [0, 0.1) is 0 Å². The lowest BCUT2D eigenvalue weighted by Gasteiger charge is -1.97. The number of carbonyl (C=O) groups is 1. The zero-order valence-corrected chi connectivity index (χ0v) is 7.34. The third-order valence-electron chi connectivity index (χ3n) is 1.62. The van der Waals surface area contributed by atoms with Gasteiger partial charge in [0.25, 0.3) is 0 Å². The Morgan fingerprint density at radius 1 is 1.29 bits per heavy atom. The van der Waals surface area contributed by atoms with E-state index in [4.69, 9.17) is 15.3 Å². The second-order valence-corrected chi connectivity index (χ2v) is 2.71. The second kappa shape index (κ2) is 4.43. The first-order valence-electron chi connectivity index (χ1n) is 3.97. The van der Waals surface area contributed by atoms with Crippen molar-refractivity contribution in [2.75, 3.05) is 6.61 Å².